The summed E-state index contributed by atoms with van der Waals surface area (Å²) in [7, 11) is 0. The molecule has 15 heavy (non-hydrogen) atoms. The van der Waals surface area contributed by atoms with Crippen LogP contribution in [-0.2, 0) is 6.18 Å². The second-order valence-electron chi connectivity index (χ2n) is 3.34. The molecule has 0 amide bonds. The molecule has 0 aromatic heterocycles. The maximum atomic E-state index is 13.4. The molecule has 0 saturated heterocycles. The van der Waals surface area contributed by atoms with E-state index >= 15 is 0 Å². The molecule has 1 nitrogen and oxygen atoms in total. The van der Waals surface area contributed by atoms with Crippen molar-refractivity contribution in [1.82, 2.24) is 0 Å². The summed E-state index contributed by atoms with van der Waals surface area (Å²) in [5.74, 6) is -1.64. The number of hydrogen-bond donors (Lipinski definition) is 1. The van der Waals surface area contributed by atoms with Crippen molar-refractivity contribution in [2.75, 3.05) is 6.54 Å². The lowest BCUT2D eigenvalue weighted by atomic mass is 9.98. The Hall–Kier alpha value is -1.10. The Morgan fingerprint density at radius 1 is 1.33 bits per heavy atom. The Bertz CT molecular complexity index is 346. The lowest BCUT2D eigenvalue weighted by molar-refractivity contribution is -0.140. The van der Waals surface area contributed by atoms with Gasteiger partial charge in [0.15, 0.2) is 0 Å². The van der Waals surface area contributed by atoms with Crippen LogP contribution in [0.2, 0.25) is 0 Å². The van der Waals surface area contributed by atoms with Crippen LogP contribution in [0.3, 0.4) is 0 Å². The quantitative estimate of drug-likeness (QED) is 0.763. The minimum Gasteiger partial charge on any atom is -0.330 e. The monoisotopic (exact) mass is 221 g/mol. The molecule has 84 valence electrons. The molecule has 1 unspecified atom stereocenters. The molecular weight excluding hydrogens is 210 g/mol. The topological polar surface area (TPSA) is 26.0 Å². The highest BCUT2D eigenvalue weighted by Crippen LogP contribution is 2.33. The normalized spacial score (nSPS) is 14.0. The Morgan fingerprint density at radius 3 is 2.40 bits per heavy atom. The van der Waals surface area contributed by atoms with Crippen molar-refractivity contribution in [2.45, 2.75) is 19.0 Å². The van der Waals surface area contributed by atoms with Crippen LogP contribution in [-0.4, -0.2) is 6.54 Å². The number of alkyl halides is 3. The van der Waals surface area contributed by atoms with Crippen LogP contribution in [0.4, 0.5) is 17.6 Å². The summed E-state index contributed by atoms with van der Waals surface area (Å²) in [5.41, 5.74) is 4.06. The Kier molecular flexibility index (Phi) is 3.34. The van der Waals surface area contributed by atoms with Gasteiger partial charge in [0, 0.05) is 0 Å². The van der Waals surface area contributed by atoms with Gasteiger partial charge in [-0.25, -0.2) is 4.39 Å². The molecule has 1 atom stereocenters. The molecule has 0 aliphatic heterocycles. The first-order valence-electron chi connectivity index (χ1n) is 4.43. The zero-order chi connectivity index (χ0) is 11.6. The summed E-state index contributed by atoms with van der Waals surface area (Å²) in [6.07, 6.45) is -4.66. The van der Waals surface area contributed by atoms with Crippen LogP contribution in [0.15, 0.2) is 18.2 Å². The third-order valence-corrected chi connectivity index (χ3v) is 2.22. The lowest BCUT2D eigenvalue weighted by Crippen LogP contribution is -2.14. The molecule has 0 spiro atoms. The summed E-state index contributed by atoms with van der Waals surface area (Å²) < 4.78 is 50.4. The highest BCUT2D eigenvalue weighted by Gasteiger charge is 2.35. The molecule has 5 heteroatoms. The predicted octanol–water partition coefficient (Wildman–Crippen LogP) is 2.91. The van der Waals surface area contributed by atoms with Gasteiger partial charge in [-0.1, -0.05) is 19.1 Å². The molecule has 0 heterocycles. The summed E-state index contributed by atoms with van der Waals surface area (Å²) in [4.78, 5) is 0. The molecule has 1 rings (SSSR count). The van der Waals surface area contributed by atoms with E-state index in [0.29, 0.717) is 0 Å². The van der Waals surface area contributed by atoms with E-state index in [1.807, 2.05) is 0 Å². The van der Waals surface area contributed by atoms with Gasteiger partial charge in [0.1, 0.15) is 5.82 Å². The van der Waals surface area contributed by atoms with Gasteiger partial charge in [-0.3, -0.25) is 0 Å². The minimum atomic E-state index is -4.66. The maximum Gasteiger partial charge on any atom is 0.419 e. The summed E-state index contributed by atoms with van der Waals surface area (Å²) >= 11 is 0. The van der Waals surface area contributed by atoms with Gasteiger partial charge in [0.25, 0.3) is 0 Å². The highest BCUT2D eigenvalue weighted by atomic mass is 19.4. The molecule has 1 aromatic carbocycles. The fourth-order valence-electron chi connectivity index (χ4n) is 1.28. The van der Waals surface area contributed by atoms with Gasteiger partial charge in [-0.15, -0.1) is 0 Å². The van der Waals surface area contributed by atoms with Crippen molar-refractivity contribution in [3.8, 4) is 0 Å². The van der Waals surface area contributed by atoms with Gasteiger partial charge in [-0.05, 0) is 24.1 Å². The van der Waals surface area contributed by atoms with Gasteiger partial charge >= 0.3 is 6.18 Å². The fraction of sp³-hybridized carbons (Fsp3) is 0.400. The number of hydrogen-bond acceptors (Lipinski definition) is 1. The zero-order valence-corrected chi connectivity index (χ0v) is 8.11. The van der Waals surface area contributed by atoms with Crippen LogP contribution in [0.1, 0.15) is 24.0 Å². The third-order valence-electron chi connectivity index (χ3n) is 2.22. The van der Waals surface area contributed by atoms with Crippen molar-refractivity contribution in [3.63, 3.8) is 0 Å². The number of benzene rings is 1. The van der Waals surface area contributed by atoms with E-state index in [9.17, 15) is 17.6 Å². The molecule has 2 N–H and O–H groups in total. The Balaban J connectivity index is 3.23. The molecular formula is C10H11F4N. The molecule has 0 bridgehead atoms. The molecule has 0 fully saturated rings. The van der Waals surface area contributed by atoms with Crippen molar-refractivity contribution >= 4 is 0 Å². The molecule has 0 aliphatic carbocycles. The Morgan fingerprint density at radius 2 is 1.93 bits per heavy atom. The van der Waals surface area contributed by atoms with Crippen molar-refractivity contribution in [3.05, 3.63) is 35.1 Å². The van der Waals surface area contributed by atoms with Gasteiger partial charge < -0.3 is 5.73 Å². The summed E-state index contributed by atoms with van der Waals surface area (Å²) in [6.45, 7) is 1.69. The van der Waals surface area contributed by atoms with Crippen LogP contribution < -0.4 is 5.73 Å². The first-order valence-corrected chi connectivity index (χ1v) is 4.43. The van der Waals surface area contributed by atoms with E-state index in [1.165, 1.54) is 12.1 Å². The van der Waals surface area contributed by atoms with Crippen molar-refractivity contribution < 1.29 is 17.6 Å². The molecule has 1 aromatic rings. The highest BCUT2D eigenvalue weighted by molar-refractivity contribution is 5.30. The van der Waals surface area contributed by atoms with Gasteiger partial charge in [0.2, 0.25) is 0 Å². The van der Waals surface area contributed by atoms with Crippen molar-refractivity contribution in [2.24, 2.45) is 5.73 Å². The van der Waals surface area contributed by atoms with Crippen LogP contribution in [0.5, 0.6) is 0 Å². The second kappa shape index (κ2) is 4.18. The largest absolute Gasteiger partial charge is 0.419 e. The average Bonchev–Trinajstić information content (AvgIpc) is 2.15. The molecule has 0 aliphatic rings. The van der Waals surface area contributed by atoms with Crippen LogP contribution in [0.25, 0.3) is 0 Å². The molecule has 0 radical (unpaired) electrons. The maximum absolute atomic E-state index is 13.4. The van der Waals surface area contributed by atoms with E-state index in [2.05, 4.69) is 0 Å². The van der Waals surface area contributed by atoms with E-state index in [0.717, 1.165) is 6.07 Å². The first kappa shape index (κ1) is 12.0. The number of halogens is 4. The summed E-state index contributed by atoms with van der Waals surface area (Å²) in [6, 6.07) is 3.23. The lowest BCUT2D eigenvalue weighted by Gasteiger charge is -2.14. The molecule has 0 saturated carbocycles. The fourth-order valence-corrected chi connectivity index (χ4v) is 1.28. The summed E-state index contributed by atoms with van der Waals surface area (Å²) in [5, 5.41) is 0. The average molecular weight is 221 g/mol. The smallest absolute Gasteiger partial charge is 0.330 e. The standard InChI is InChI=1S/C10H11F4N/c1-6(5-15)7-3-2-4-8(9(7)11)10(12,13)14/h2-4,6H,5,15H2,1H3. The first-order chi connectivity index (χ1) is 6.88. The third kappa shape index (κ3) is 2.47. The predicted molar refractivity (Wildman–Crippen MR) is 48.9 cm³/mol. The van der Waals surface area contributed by atoms with Gasteiger partial charge in [0.05, 0.1) is 5.56 Å². The van der Waals surface area contributed by atoms with Gasteiger partial charge in [-0.2, -0.15) is 13.2 Å². The van der Waals surface area contributed by atoms with E-state index in [4.69, 9.17) is 5.73 Å². The SMILES string of the molecule is CC(CN)c1cccc(C(F)(F)F)c1F. The van der Waals surface area contributed by atoms with Crippen molar-refractivity contribution in [1.29, 1.82) is 0 Å². The number of rotatable bonds is 2. The van der Waals surface area contributed by atoms with E-state index in [-0.39, 0.29) is 12.1 Å². The second-order valence-corrected chi connectivity index (χ2v) is 3.34. The van der Waals surface area contributed by atoms with E-state index in [1.54, 1.807) is 6.92 Å². The Labute approximate surface area is 84.9 Å². The number of nitrogens with two attached hydrogens (primary N) is 1. The zero-order valence-electron chi connectivity index (χ0n) is 8.11. The van der Waals surface area contributed by atoms with Crippen LogP contribution >= 0.6 is 0 Å². The minimum absolute atomic E-state index is 0.00678. The van der Waals surface area contributed by atoms with E-state index < -0.39 is 23.5 Å². The van der Waals surface area contributed by atoms with Crippen LogP contribution in [0, 0.1) is 5.82 Å².